The van der Waals surface area contributed by atoms with E-state index in [4.69, 9.17) is 4.84 Å². The fraction of sp³-hybridized carbons (Fsp3) is 0. The first-order chi connectivity index (χ1) is 8.77. The zero-order chi connectivity index (χ0) is 12.5. The molecule has 1 aliphatic rings. The van der Waals surface area contributed by atoms with Gasteiger partial charge in [0, 0.05) is 12.3 Å². The molecule has 0 aliphatic carbocycles. The lowest BCUT2D eigenvalue weighted by Gasteiger charge is -2.12. The van der Waals surface area contributed by atoms with E-state index >= 15 is 0 Å². The molecule has 1 aromatic heterocycles. The average Bonchev–Trinajstić information content (AvgIpc) is 2.66. The van der Waals surface area contributed by atoms with Crippen molar-refractivity contribution in [2.24, 2.45) is 0 Å². The lowest BCUT2D eigenvalue weighted by Crippen LogP contribution is -2.33. The first kappa shape index (κ1) is 10.5. The number of carbonyl (C=O) groups excluding carboxylic acids is 2. The van der Waals surface area contributed by atoms with E-state index < -0.39 is 11.8 Å². The molecule has 3 rings (SSSR count). The van der Waals surface area contributed by atoms with Gasteiger partial charge in [-0.3, -0.25) is 9.59 Å². The number of hydroxylamine groups is 2. The average molecular weight is 240 g/mol. The monoisotopic (exact) mass is 240 g/mol. The Hall–Kier alpha value is -2.69. The summed E-state index contributed by atoms with van der Waals surface area (Å²) in [6.07, 6.45) is 1.52. The molecular formula is C13H8N2O3. The molecule has 5 heteroatoms. The third-order valence-electron chi connectivity index (χ3n) is 2.58. The molecule has 0 saturated carbocycles. The minimum Gasteiger partial charge on any atom is -0.348 e. The van der Waals surface area contributed by atoms with E-state index in [1.54, 1.807) is 42.5 Å². The number of carbonyl (C=O) groups is 2. The van der Waals surface area contributed by atoms with Crippen LogP contribution in [0, 0.1) is 0 Å². The van der Waals surface area contributed by atoms with Gasteiger partial charge in [-0.1, -0.05) is 23.3 Å². The standard InChI is InChI=1S/C13H8N2O3/c16-12-9-5-1-2-6-10(9)13(17)15(12)18-11-7-3-4-8-14-11/h1-8H. The van der Waals surface area contributed by atoms with Gasteiger partial charge in [-0.05, 0) is 18.2 Å². The van der Waals surface area contributed by atoms with E-state index in [0.29, 0.717) is 11.1 Å². The summed E-state index contributed by atoms with van der Waals surface area (Å²) in [6.45, 7) is 0. The highest BCUT2D eigenvalue weighted by Gasteiger charge is 2.37. The largest absolute Gasteiger partial charge is 0.348 e. The normalized spacial score (nSPS) is 13.7. The number of pyridine rings is 1. The summed E-state index contributed by atoms with van der Waals surface area (Å²) >= 11 is 0. The fourth-order valence-corrected chi connectivity index (χ4v) is 1.74. The van der Waals surface area contributed by atoms with Crippen molar-refractivity contribution < 1.29 is 14.4 Å². The maximum atomic E-state index is 12.0. The van der Waals surface area contributed by atoms with Crippen molar-refractivity contribution in [3.05, 3.63) is 59.8 Å². The van der Waals surface area contributed by atoms with E-state index in [0.717, 1.165) is 5.06 Å². The second kappa shape index (κ2) is 3.96. The lowest BCUT2D eigenvalue weighted by molar-refractivity contribution is -0.0166. The maximum absolute atomic E-state index is 12.0. The zero-order valence-corrected chi connectivity index (χ0v) is 9.24. The van der Waals surface area contributed by atoms with Crippen LogP contribution < -0.4 is 4.84 Å². The number of hydrogen-bond acceptors (Lipinski definition) is 4. The third kappa shape index (κ3) is 1.53. The highest BCUT2D eigenvalue weighted by molar-refractivity contribution is 6.20. The molecule has 0 fully saturated rings. The van der Waals surface area contributed by atoms with Gasteiger partial charge in [-0.2, -0.15) is 0 Å². The number of fused-ring (bicyclic) bond motifs is 1. The number of hydrogen-bond donors (Lipinski definition) is 0. The molecule has 0 radical (unpaired) electrons. The van der Waals surface area contributed by atoms with Crippen LogP contribution in [-0.2, 0) is 0 Å². The third-order valence-corrected chi connectivity index (χ3v) is 2.58. The number of rotatable bonds is 2. The molecule has 0 bridgehead atoms. The molecule has 88 valence electrons. The SMILES string of the molecule is O=C1c2ccccc2C(=O)N1Oc1ccccn1. The molecule has 0 atom stereocenters. The van der Waals surface area contributed by atoms with Crippen LogP contribution in [0.15, 0.2) is 48.7 Å². The Morgan fingerprint density at radius 1 is 0.889 bits per heavy atom. The van der Waals surface area contributed by atoms with Gasteiger partial charge in [0.2, 0.25) is 5.88 Å². The minimum atomic E-state index is -0.471. The molecule has 0 saturated heterocycles. The van der Waals surface area contributed by atoms with E-state index in [9.17, 15) is 9.59 Å². The maximum Gasteiger partial charge on any atom is 0.295 e. The minimum absolute atomic E-state index is 0.201. The second-order valence-corrected chi connectivity index (χ2v) is 3.71. The van der Waals surface area contributed by atoms with Crippen molar-refractivity contribution in [2.75, 3.05) is 0 Å². The second-order valence-electron chi connectivity index (χ2n) is 3.71. The van der Waals surface area contributed by atoms with Gasteiger partial charge in [-0.25, -0.2) is 4.98 Å². The fourth-order valence-electron chi connectivity index (χ4n) is 1.74. The van der Waals surface area contributed by atoms with Crippen LogP contribution in [-0.4, -0.2) is 21.9 Å². The molecule has 1 aromatic carbocycles. The summed E-state index contributed by atoms with van der Waals surface area (Å²) in [5, 5.41) is 0.729. The topological polar surface area (TPSA) is 59.5 Å². The molecule has 1 aliphatic heterocycles. The number of benzene rings is 1. The summed E-state index contributed by atoms with van der Waals surface area (Å²) in [4.78, 5) is 33.0. The molecule has 5 nitrogen and oxygen atoms in total. The summed E-state index contributed by atoms with van der Waals surface area (Å²) in [6, 6.07) is 11.6. The van der Waals surface area contributed by atoms with E-state index in [-0.39, 0.29) is 5.88 Å². The number of aromatic nitrogens is 1. The van der Waals surface area contributed by atoms with Crippen molar-refractivity contribution in [1.29, 1.82) is 0 Å². The smallest absolute Gasteiger partial charge is 0.295 e. The quantitative estimate of drug-likeness (QED) is 0.749. The zero-order valence-electron chi connectivity index (χ0n) is 9.24. The number of nitrogens with zero attached hydrogens (tertiary/aromatic N) is 2. The van der Waals surface area contributed by atoms with Crippen LogP contribution in [0.2, 0.25) is 0 Å². The molecule has 18 heavy (non-hydrogen) atoms. The van der Waals surface area contributed by atoms with Crippen LogP contribution in [0.3, 0.4) is 0 Å². The summed E-state index contributed by atoms with van der Waals surface area (Å²) in [5.41, 5.74) is 0.692. The van der Waals surface area contributed by atoms with E-state index in [1.807, 2.05) is 0 Å². The van der Waals surface area contributed by atoms with Gasteiger partial charge in [0.1, 0.15) is 0 Å². The number of amides is 2. The molecule has 0 unspecified atom stereocenters. The van der Waals surface area contributed by atoms with Crippen molar-refractivity contribution in [1.82, 2.24) is 10.0 Å². The Morgan fingerprint density at radius 3 is 2.06 bits per heavy atom. The molecule has 0 N–H and O–H groups in total. The molecular weight excluding hydrogens is 232 g/mol. The number of imide groups is 1. The Labute approximate surface area is 103 Å². The first-order valence-corrected chi connectivity index (χ1v) is 5.34. The molecule has 2 aromatic rings. The summed E-state index contributed by atoms with van der Waals surface area (Å²) < 4.78 is 0. The molecule has 0 spiro atoms. The predicted molar refractivity (Wildman–Crippen MR) is 61.8 cm³/mol. The van der Waals surface area contributed by atoms with Crippen LogP contribution in [0.25, 0.3) is 0 Å². The Kier molecular flexibility index (Phi) is 2.30. The highest BCUT2D eigenvalue weighted by atomic mass is 16.7. The van der Waals surface area contributed by atoms with Crippen LogP contribution in [0.1, 0.15) is 20.7 Å². The van der Waals surface area contributed by atoms with Crippen LogP contribution in [0.5, 0.6) is 5.88 Å². The van der Waals surface area contributed by atoms with Crippen molar-refractivity contribution in [3.8, 4) is 5.88 Å². The van der Waals surface area contributed by atoms with E-state index in [1.165, 1.54) is 6.20 Å². The Morgan fingerprint density at radius 2 is 1.50 bits per heavy atom. The highest BCUT2D eigenvalue weighted by Crippen LogP contribution is 2.23. The first-order valence-electron chi connectivity index (χ1n) is 5.34. The van der Waals surface area contributed by atoms with Crippen molar-refractivity contribution in [2.45, 2.75) is 0 Å². The van der Waals surface area contributed by atoms with Gasteiger partial charge in [0.15, 0.2) is 0 Å². The summed E-state index contributed by atoms with van der Waals surface area (Å²) in [5.74, 6) is -0.741. The van der Waals surface area contributed by atoms with Crippen molar-refractivity contribution >= 4 is 11.8 Å². The van der Waals surface area contributed by atoms with Crippen LogP contribution in [0.4, 0.5) is 0 Å². The summed E-state index contributed by atoms with van der Waals surface area (Å²) in [7, 11) is 0. The molecule has 2 amide bonds. The van der Waals surface area contributed by atoms with Crippen LogP contribution >= 0.6 is 0 Å². The van der Waals surface area contributed by atoms with E-state index in [2.05, 4.69) is 4.98 Å². The Balaban J connectivity index is 1.93. The van der Waals surface area contributed by atoms with Gasteiger partial charge < -0.3 is 4.84 Å². The predicted octanol–water partition coefficient (Wildman–Crippen LogP) is 1.67. The van der Waals surface area contributed by atoms with Gasteiger partial charge >= 0.3 is 0 Å². The van der Waals surface area contributed by atoms with Crippen molar-refractivity contribution in [3.63, 3.8) is 0 Å². The lowest BCUT2D eigenvalue weighted by atomic mass is 10.1. The molecule has 2 heterocycles. The van der Waals surface area contributed by atoms with Gasteiger partial charge in [0.05, 0.1) is 11.1 Å². The van der Waals surface area contributed by atoms with Gasteiger partial charge in [-0.15, -0.1) is 0 Å². The van der Waals surface area contributed by atoms with Gasteiger partial charge in [0.25, 0.3) is 11.8 Å². The Bertz CT molecular complexity index is 590.